The minimum Gasteiger partial charge on any atom is -0.497 e. The number of amides is 1. The van der Waals surface area contributed by atoms with E-state index >= 15 is 0 Å². The van der Waals surface area contributed by atoms with Crippen molar-refractivity contribution >= 4 is 5.91 Å². The van der Waals surface area contributed by atoms with E-state index < -0.39 is 0 Å². The van der Waals surface area contributed by atoms with Crippen LogP contribution in [0.5, 0.6) is 11.5 Å². The molecule has 1 aliphatic rings. The van der Waals surface area contributed by atoms with Crippen LogP contribution in [0.15, 0.2) is 51.6 Å². The maximum Gasteiger partial charge on any atom is 0.289 e. The number of rotatable bonds is 8. The van der Waals surface area contributed by atoms with Gasteiger partial charge in [0.05, 0.1) is 38.7 Å². The van der Waals surface area contributed by atoms with Crippen molar-refractivity contribution in [1.82, 2.24) is 10.1 Å². The average molecular weight is 412 g/mol. The van der Waals surface area contributed by atoms with E-state index in [9.17, 15) is 4.79 Å². The average Bonchev–Trinajstić information content (AvgIpc) is 3.55. The Balaban J connectivity index is 1.57. The van der Waals surface area contributed by atoms with E-state index in [0.717, 1.165) is 25.0 Å². The molecule has 8 heteroatoms. The number of nitrogens with zero attached hydrogens (tertiary/aromatic N) is 2. The summed E-state index contributed by atoms with van der Waals surface area (Å²) in [5.41, 5.74) is 1.34. The zero-order valence-electron chi connectivity index (χ0n) is 17.0. The molecule has 1 saturated heterocycles. The van der Waals surface area contributed by atoms with Gasteiger partial charge in [0.15, 0.2) is 11.5 Å². The lowest BCUT2D eigenvalue weighted by Gasteiger charge is -2.23. The van der Waals surface area contributed by atoms with Gasteiger partial charge in [0.2, 0.25) is 0 Å². The predicted octanol–water partition coefficient (Wildman–Crippen LogP) is 3.77. The van der Waals surface area contributed by atoms with Gasteiger partial charge < -0.3 is 28.1 Å². The molecule has 4 rings (SSSR count). The zero-order valence-corrected chi connectivity index (χ0v) is 17.0. The lowest BCUT2D eigenvalue weighted by Crippen LogP contribution is -2.36. The summed E-state index contributed by atoms with van der Waals surface area (Å²) in [5.74, 6) is 1.92. The Morgan fingerprint density at radius 2 is 2.13 bits per heavy atom. The van der Waals surface area contributed by atoms with E-state index in [4.69, 9.17) is 23.2 Å². The van der Waals surface area contributed by atoms with Gasteiger partial charge in [0, 0.05) is 19.2 Å². The molecule has 0 unspecified atom stereocenters. The third-order valence-electron chi connectivity index (χ3n) is 5.05. The van der Waals surface area contributed by atoms with Crippen LogP contribution in [0.2, 0.25) is 0 Å². The molecule has 30 heavy (non-hydrogen) atoms. The van der Waals surface area contributed by atoms with Crippen LogP contribution >= 0.6 is 0 Å². The molecule has 1 aromatic carbocycles. The fourth-order valence-electron chi connectivity index (χ4n) is 3.52. The van der Waals surface area contributed by atoms with Crippen molar-refractivity contribution in [1.29, 1.82) is 0 Å². The molecule has 2 aromatic heterocycles. The van der Waals surface area contributed by atoms with Crippen LogP contribution in [0.1, 0.15) is 29.1 Å². The quantitative estimate of drug-likeness (QED) is 0.556. The topological polar surface area (TPSA) is 87.2 Å². The summed E-state index contributed by atoms with van der Waals surface area (Å²) in [4.78, 5) is 14.6. The third-order valence-corrected chi connectivity index (χ3v) is 5.05. The van der Waals surface area contributed by atoms with Crippen molar-refractivity contribution in [2.75, 3.05) is 27.4 Å². The lowest BCUT2D eigenvalue weighted by molar-refractivity contribution is 0.0479. The molecule has 0 spiro atoms. The Kier molecular flexibility index (Phi) is 6.04. The van der Waals surface area contributed by atoms with Gasteiger partial charge in [-0.25, -0.2) is 0 Å². The molecule has 0 aliphatic carbocycles. The van der Waals surface area contributed by atoms with Crippen LogP contribution < -0.4 is 9.47 Å². The number of furan rings is 1. The standard InChI is InChI=1S/C22H24N2O6/c1-26-16-7-8-19(27-2)18(12-16)21-11-15(23-30-21)13-24(14-17-5-3-9-28-17)22(25)20-6-4-10-29-20/h4,6-8,10-12,17H,3,5,9,13-14H2,1-2H3/t17-/m1/s1. The lowest BCUT2D eigenvalue weighted by atomic mass is 10.1. The maximum atomic E-state index is 12.9. The first-order valence-electron chi connectivity index (χ1n) is 9.80. The van der Waals surface area contributed by atoms with Gasteiger partial charge in [-0.2, -0.15) is 0 Å². The number of carbonyl (C=O) groups excluding carboxylic acids is 1. The normalized spacial score (nSPS) is 15.9. The number of benzene rings is 1. The number of aromatic nitrogens is 1. The van der Waals surface area contributed by atoms with Crippen LogP contribution in [0.3, 0.4) is 0 Å². The number of carbonyl (C=O) groups is 1. The number of ether oxygens (including phenoxy) is 3. The number of hydrogen-bond donors (Lipinski definition) is 0. The molecular formula is C22H24N2O6. The Morgan fingerprint density at radius 1 is 1.23 bits per heavy atom. The Morgan fingerprint density at radius 3 is 2.83 bits per heavy atom. The first-order chi connectivity index (χ1) is 14.7. The highest BCUT2D eigenvalue weighted by Crippen LogP contribution is 2.34. The van der Waals surface area contributed by atoms with Crippen molar-refractivity contribution < 1.29 is 27.9 Å². The molecule has 0 saturated carbocycles. The Hall–Kier alpha value is -3.26. The second-order valence-corrected chi connectivity index (χ2v) is 7.05. The molecule has 1 amide bonds. The second-order valence-electron chi connectivity index (χ2n) is 7.05. The van der Waals surface area contributed by atoms with Crippen LogP contribution in [-0.4, -0.2) is 49.4 Å². The molecule has 0 bridgehead atoms. The minimum absolute atomic E-state index is 0.00811. The highest BCUT2D eigenvalue weighted by molar-refractivity contribution is 5.91. The van der Waals surface area contributed by atoms with Crippen molar-refractivity contribution in [3.05, 3.63) is 54.1 Å². The molecule has 8 nitrogen and oxygen atoms in total. The molecule has 0 radical (unpaired) electrons. The van der Waals surface area contributed by atoms with E-state index in [1.807, 2.05) is 12.1 Å². The first kappa shape index (κ1) is 20.0. The molecular weight excluding hydrogens is 388 g/mol. The fourth-order valence-corrected chi connectivity index (χ4v) is 3.52. The van der Waals surface area contributed by atoms with E-state index in [1.54, 1.807) is 43.4 Å². The molecule has 1 aliphatic heterocycles. The van der Waals surface area contributed by atoms with Crippen molar-refractivity contribution in [2.24, 2.45) is 0 Å². The van der Waals surface area contributed by atoms with E-state index in [-0.39, 0.29) is 24.3 Å². The van der Waals surface area contributed by atoms with Crippen LogP contribution in [-0.2, 0) is 11.3 Å². The van der Waals surface area contributed by atoms with Gasteiger partial charge in [-0.1, -0.05) is 5.16 Å². The summed E-state index contributed by atoms with van der Waals surface area (Å²) < 4.78 is 27.3. The molecule has 3 heterocycles. The van der Waals surface area contributed by atoms with Crippen LogP contribution in [0, 0.1) is 0 Å². The monoisotopic (exact) mass is 412 g/mol. The van der Waals surface area contributed by atoms with Crippen LogP contribution in [0.25, 0.3) is 11.3 Å². The molecule has 1 atom stereocenters. The molecule has 1 fully saturated rings. The first-order valence-corrected chi connectivity index (χ1v) is 9.80. The summed E-state index contributed by atoms with van der Waals surface area (Å²) in [7, 11) is 3.19. The summed E-state index contributed by atoms with van der Waals surface area (Å²) in [6.45, 7) is 1.45. The highest BCUT2D eigenvalue weighted by atomic mass is 16.5. The van der Waals surface area contributed by atoms with Crippen molar-refractivity contribution in [2.45, 2.75) is 25.5 Å². The summed E-state index contributed by atoms with van der Waals surface area (Å²) in [6, 6.07) is 10.6. The largest absolute Gasteiger partial charge is 0.497 e. The summed E-state index contributed by atoms with van der Waals surface area (Å²) in [6.07, 6.45) is 3.42. The minimum atomic E-state index is -0.209. The summed E-state index contributed by atoms with van der Waals surface area (Å²) in [5, 5.41) is 4.16. The van der Waals surface area contributed by atoms with Gasteiger partial charge in [-0.3, -0.25) is 4.79 Å². The predicted molar refractivity (Wildman–Crippen MR) is 107 cm³/mol. The highest BCUT2D eigenvalue weighted by Gasteiger charge is 2.26. The molecule has 0 N–H and O–H groups in total. The fraction of sp³-hybridized carbons (Fsp3) is 0.364. The van der Waals surface area contributed by atoms with Gasteiger partial charge in [0.1, 0.15) is 17.2 Å². The number of methoxy groups -OCH3 is 2. The van der Waals surface area contributed by atoms with Crippen molar-refractivity contribution in [3.8, 4) is 22.8 Å². The molecule has 3 aromatic rings. The molecule has 158 valence electrons. The second kappa shape index (κ2) is 9.04. The zero-order chi connectivity index (χ0) is 20.9. The van der Waals surface area contributed by atoms with Crippen molar-refractivity contribution in [3.63, 3.8) is 0 Å². The Bertz CT molecular complexity index is 975. The summed E-state index contributed by atoms with van der Waals surface area (Å²) >= 11 is 0. The van der Waals surface area contributed by atoms with E-state index in [2.05, 4.69) is 5.16 Å². The van der Waals surface area contributed by atoms with Gasteiger partial charge in [-0.15, -0.1) is 0 Å². The van der Waals surface area contributed by atoms with Gasteiger partial charge >= 0.3 is 0 Å². The third kappa shape index (κ3) is 4.33. The van der Waals surface area contributed by atoms with Gasteiger partial charge in [-0.05, 0) is 43.2 Å². The Labute approximate surface area is 174 Å². The van der Waals surface area contributed by atoms with Gasteiger partial charge in [0.25, 0.3) is 5.91 Å². The van der Waals surface area contributed by atoms with Crippen LogP contribution in [0.4, 0.5) is 0 Å². The SMILES string of the molecule is COc1ccc(OC)c(-c2cc(CN(C[C@H]3CCCO3)C(=O)c3ccco3)no2)c1. The number of hydrogen-bond acceptors (Lipinski definition) is 7. The smallest absolute Gasteiger partial charge is 0.289 e. The van der Waals surface area contributed by atoms with E-state index in [1.165, 1.54) is 6.26 Å². The maximum absolute atomic E-state index is 12.9. The van der Waals surface area contributed by atoms with E-state index in [0.29, 0.717) is 29.5 Å².